The van der Waals surface area contributed by atoms with Crippen molar-refractivity contribution in [1.29, 1.82) is 0 Å². The highest BCUT2D eigenvalue weighted by Gasteiger charge is 2.34. The molecule has 0 aromatic heterocycles. The zero-order chi connectivity index (χ0) is 28.1. The van der Waals surface area contributed by atoms with Crippen LogP contribution in [0.5, 0.6) is 5.75 Å². The molecule has 3 aromatic rings. The summed E-state index contributed by atoms with van der Waals surface area (Å²) in [4.78, 5) is 55.4. The van der Waals surface area contributed by atoms with Crippen LogP contribution in [0.3, 0.4) is 0 Å². The van der Waals surface area contributed by atoms with Crippen molar-refractivity contribution in [2.75, 3.05) is 24.0 Å². The SMILES string of the molecule is C=C(C)C(=O)OCCOc1ccc(Nc2ccc(NOC(=O)C(=C)C)c3c2C(=O)c2ccccc2C3=O)cc1. The van der Waals surface area contributed by atoms with Gasteiger partial charge in [-0.05, 0) is 50.2 Å². The lowest BCUT2D eigenvalue weighted by molar-refractivity contribution is -0.139. The minimum atomic E-state index is -0.697. The van der Waals surface area contributed by atoms with Gasteiger partial charge in [0.1, 0.15) is 19.0 Å². The van der Waals surface area contributed by atoms with Crippen molar-refractivity contribution in [1.82, 2.24) is 0 Å². The van der Waals surface area contributed by atoms with Gasteiger partial charge in [-0.25, -0.2) is 15.1 Å². The summed E-state index contributed by atoms with van der Waals surface area (Å²) in [5.74, 6) is -1.35. The molecule has 0 bridgehead atoms. The van der Waals surface area contributed by atoms with Crippen molar-refractivity contribution >= 4 is 40.6 Å². The number of esters is 1. The van der Waals surface area contributed by atoms with Gasteiger partial charge in [0.15, 0.2) is 11.6 Å². The Balaban J connectivity index is 1.57. The first kappa shape index (κ1) is 26.9. The van der Waals surface area contributed by atoms with Crippen LogP contribution in [0.1, 0.15) is 45.7 Å². The van der Waals surface area contributed by atoms with E-state index in [1.807, 2.05) is 0 Å². The van der Waals surface area contributed by atoms with E-state index in [9.17, 15) is 19.2 Å². The summed E-state index contributed by atoms with van der Waals surface area (Å²) in [7, 11) is 0. The molecule has 0 aliphatic heterocycles. The van der Waals surface area contributed by atoms with Gasteiger partial charge in [-0.1, -0.05) is 37.4 Å². The lowest BCUT2D eigenvalue weighted by Gasteiger charge is -2.23. The van der Waals surface area contributed by atoms with Gasteiger partial charge in [0, 0.05) is 28.0 Å². The predicted molar refractivity (Wildman–Crippen MR) is 145 cm³/mol. The number of ether oxygens (including phenoxy) is 2. The fraction of sp³-hybridized carbons (Fsp3) is 0.133. The largest absolute Gasteiger partial charge is 0.490 e. The third-order valence-electron chi connectivity index (χ3n) is 5.74. The molecule has 0 saturated carbocycles. The molecule has 39 heavy (non-hydrogen) atoms. The van der Waals surface area contributed by atoms with Gasteiger partial charge < -0.3 is 19.6 Å². The van der Waals surface area contributed by atoms with Crippen molar-refractivity contribution in [3.8, 4) is 5.75 Å². The maximum Gasteiger partial charge on any atom is 0.357 e. The minimum absolute atomic E-state index is 0.0809. The Hall–Kier alpha value is -5.18. The summed E-state index contributed by atoms with van der Waals surface area (Å²) >= 11 is 0. The van der Waals surface area contributed by atoms with Crippen LogP contribution in [0.4, 0.5) is 17.1 Å². The topological polar surface area (TPSA) is 120 Å². The van der Waals surface area contributed by atoms with Crippen molar-refractivity contribution in [3.63, 3.8) is 0 Å². The Kier molecular flexibility index (Phi) is 7.90. The molecule has 0 amide bonds. The van der Waals surface area contributed by atoms with Gasteiger partial charge in [0.05, 0.1) is 22.5 Å². The van der Waals surface area contributed by atoms with Gasteiger partial charge in [-0.3, -0.25) is 9.59 Å². The number of ketones is 2. The summed E-state index contributed by atoms with van der Waals surface area (Å²) in [6.07, 6.45) is 0. The van der Waals surface area contributed by atoms with Crippen molar-refractivity contribution in [2.45, 2.75) is 13.8 Å². The zero-order valence-electron chi connectivity index (χ0n) is 21.5. The summed E-state index contributed by atoms with van der Waals surface area (Å²) in [6, 6.07) is 16.6. The van der Waals surface area contributed by atoms with E-state index in [1.165, 1.54) is 6.92 Å². The zero-order valence-corrected chi connectivity index (χ0v) is 21.5. The smallest absolute Gasteiger partial charge is 0.357 e. The second-order valence-electron chi connectivity index (χ2n) is 8.80. The molecule has 1 aliphatic rings. The van der Waals surface area contributed by atoms with Crippen LogP contribution >= 0.6 is 0 Å². The molecule has 1 aliphatic carbocycles. The normalized spacial score (nSPS) is 11.5. The van der Waals surface area contributed by atoms with E-state index < -0.39 is 11.9 Å². The fourth-order valence-corrected chi connectivity index (χ4v) is 3.81. The molecule has 0 spiro atoms. The van der Waals surface area contributed by atoms with Crippen LogP contribution in [-0.4, -0.2) is 36.7 Å². The molecule has 0 fully saturated rings. The first-order valence-corrected chi connectivity index (χ1v) is 12.0. The molecule has 0 atom stereocenters. The number of hydrogen-bond acceptors (Lipinski definition) is 9. The van der Waals surface area contributed by atoms with Gasteiger partial charge in [-0.2, -0.15) is 0 Å². The van der Waals surface area contributed by atoms with E-state index in [1.54, 1.807) is 67.6 Å². The van der Waals surface area contributed by atoms with Gasteiger partial charge in [-0.15, -0.1) is 0 Å². The number of carbonyl (C=O) groups is 4. The first-order chi connectivity index (χ1) is 18.7. The molecule has 4 rings (SSSR count). The third-order valence-corrected chi connectivity index (χ3v) is 5.74. The second-order valence-corrected chi connectivity index (χ2v) is 8.80. The van der Waals surface area contributed by atoms with E-state index in [-0.39, 0.29) is 58.3 Å². The molecule has 9 heteroatoms. The van der Waals surface area contributed by atoms with E-state index in [4.69, 9.17) is 14.3 Å². The van der Waals surface area contributed by atoms with Gasteiger partial charge in [0.2, 0.25) is 0 Å². The van der Waals surface area contributed by atoms with E-state index in [2.05, 4.69) is 24.0 Å². The molecule has 9 nitrogen and oxygen atoms in total. The number of fused-ring (bicyclic) bond motifs is 2. The number of rotatable bonds is 10. The monoisotopic (exact) mass is 526 g/mol. The van der Waals surface area contributed by atoms with Crippen LogP contribution in [0.2, 0.25) is 0 Å². The third kappa shape index (κ3) is 5.88. The van der Waals surface area contributed by atoms with Crippen LogP contribution in [0, 0.1) is 0 Å². The molecular weight excluding hydrogens is 500 g/mol. The van der Waals surface area contributed by atoms with Crippen LogP contribution in [0.15, 0.2) is 85.0 Å². The summed E-state index contributed by atoms with van der Waals surface area (Å²) in [5.41, 5.74) is 4.97. The van der Waals surface area contributed by atoms with Crippen molar-refractivity contribution in [2.24, 2.45) is 0 Å². The number of carbonyl (C=O) groups excluding carboxylic acids is 4. The molecular formula is C30H26N2O7. The molecule has 3 aromatic carbocycles. The first-order valence-electron chi connectivity index (χ1n) is 12.0. The second kappa shape index (κ2) is 11.5. The molecule has 0 heterocycles. The summed E-state index contributed by atoms with van der Waals surface area (Å²) in [5, 5.41) is 3.19. The number of benzene rings is 3. The fourth-order valence-electron chi connectivity index (χ4n) is 3.81. The Bertz CT molecular complexity index is 1510. The Labute approximate surface area is 225 Å². The maximum absolute atomic E-state index is 13.6. The Morgan fingerprint density at radius 2 is 1.31 bits per heavy atom. The molecule has 198 valence electrons. The maximum atomic E-state index is 13.6. The predicted octanol–water partition coefficient (Wildman–Crippen LogP) is 5.15. The highest BCUT2D eigenvalue weighted by atomic mass is 16.7. The highest BCUT2D eigenvalue weighted by molar-refractivity contribution is 6.32. The number of hydrogen-bond donors (Lipinski definition) is 2. The molecule has 0 saturated heterocycles. The number of anilines is 3. The van der Waals surface area contributed by atoms with Crippen molar-refractivity contribution < 1.29 is 33.5 Å². The summed E-state index contributed by atoms with van der Waals surface area (Å²) < 4.78 is 10.6. The van der Waals surface area contributed by atoms with E-state index in [0.717, 1.165) is 0 Å². The van der Waals surface area contributed by atoms with Crippen LogP contribution in [-0.2, 0) is 19.2 Å². The molecule has 0 unspecified atom stereocenters. The molecule has 2 N–H and O–H groups in total. The van der Waals surface area contributed by atoms with Gasteiger partial charge in [0.25, 0.3) is 0 Å². The van der Waals surface area contributed by atoms with Gasteiger partial charge >= 0.3 is 11.9 Å². The molecule has 0 radical (unpaired) electrons. The minimum Gasteiger partial charge on any atom is -0.490 e. The summed E-state index contributed by atoms with van der Waals surface area (Å²) in [6.45, 7) is 10.4. The van der Waals surface area contributed by atoms with Crippen LogP contribution < -0.4 is 15.5 Å². The number of nitrogens with one attached hydrogen (secondary N) is 2. The average molecular weight is 527 g/mol. The van der Waals surface area contributed by atoms with E-state index in [0.29, 0.717) is 22.7 Å². The quantitative estimate of drug-likeness (QED) is 0.125. The highest BCUT2D eigenvalue weighted by Crippen LogP contribution is 2.37. The standard InChI is InChI=1S/C30H26N2O7/c1-17(2)29(35)38-16-15-37-20-11-9-19(10-12-20)31-23-13-14-24(32-39-30(36)18(3)4)26-25(23)27(33)21-7-5-6-8-22(21)28(26)34/h5-14,31-32H,1,3,15-16H2,2,4H3. The van der Waals surface area contributed by atoms with E-state index >= 15 is 0 Å². The lowest BCUT2D eigenvalue weighted by Crippen LogP contribution is -2.24. The Morgan fingerprint density at radius 1 is 0.744 bits per heavy atom. The van der Waals surface area contributed by atoms with Crippen LogP contribution in [0.25, 0.3) is 0 Å². The Morgan fingerprint density at radius 3 is 1.90 bits per heavy atom. The van der Waals surface area contributed by atoms with Crippen molar-refractivity contribution in [3.05, 3.63) is 107 Å². The lowest BCUT2D eigenvalue weighted by atomic mass is 9.82. The average Bonchev–Trinajstić information content (AvgIpc) is 2.93.